The van der Waals surface area contributed by atoms with Gasteiger partial charge in [0.15, 0.2) is 5.69 Å². The maximum atomic E-state index is 12.5. The molecule has 1 aromatic heterocycles. The van der Waals surface area contributed by atoms with E-state index in [2.05, 4.69) is 4.98 Å². The molecule has 0 unspecified atom stereocenters. The molecule has 0 saturated heterocycles. The van der Waals surface area contributed by atoms with Gasteiger partial charge in [0.25, 0.3) is 6.43 Å². The molecule has 0 bridgehead atoms. The van der Waals surface area contributed by atoms with E-state index in [1.165, 1.54) is 0 Å². The van der Waals surface area contributed by atoms with Crippen LogP contribution in [-0.4, -0.2) is 16.1 Å². The van der Waals surface area contributed by atoms with Gasteiger partial charge in [-0.05, 0) is 13.0 Å². The number of pyridine rings is 1. The summed E-state index contributed by atoms with van der Waals surface area (Å²) in [6, 6.07) is 0.628. The maximum absolute atomic E-state index is 12.5. The summed E-state index contributed by atoms with van der Waals surface area (Å²) in [4.78, 5) is 13.6. The molecule has 1 heterocycles. The molecule has 0 radical (unpaired) electrons. The van der Waals surface area contributed by atoms with Crippen molar-refractivity contribution in [3.8, 4) is 0 Å². The van der Waals surface area contributed by atoms with E-state index in [1.54, 1.807) is 0 Å². The lowest BCUT2D eigenvalue weighted by Gasteiger charge is -2.13. The Morgan fingerprint density at radius 1 is 1.41 bits per heavy atom. The van der Waals surface area contributed by atoms with E-state index in [1.807, 2.05) is 0 Å². The molecule has 0 aromatic carbocycles. The first-order valence-corrected chi connectivity index (χ1v) is 4.24. The maximum Gasteiger partial charge on any atom is 0.434 e. The molecule has 0 saturated carbocycles. The first-order valence-electron chi connectivity index (χ1n) is 4.24. The van der Waals surface area contributed by atoms with E-state index in [0.717, 1.165) is 6.92 Å². The van der Waals surface area contributed by atoms with Gasteiger partial charge >= 0.3 is 12.1 Å². The lowest BCUT2D eigenvalue weighted by molar-refractivity contribution is -0.141. The number of carboxylic acids is 1. The lowest BCUT2D eigenvalue weighted by Crippen LogP contribution is -2.18. The predicted octanol–water partition coefficient (Wildman–Crippen LogP) is 3.04. The van der Waals surface area contributed by atoms with Crippen molar-refractivity contribution in [3.05, 3.63) is 28.6 Å². The van der Waals surface area contributed by atoms with Gasteiger partial charge in [-0.25, -0.2) is 18.6 Å². The van der Waals surface area contributed by atoms with Crippen LogP contribution in [0.4, 0.5) is 22.0 Å². The molecule has 0 aliphatic carbocycles. The monoisotopic (exact) mass is 255 g/mol. The number of aryl methyl sites for hydroxylation is 1. The fourth-order valence-electron chi connectivity index (χ4n) is 1.30. The minimum Gasteiger partial charge on any atom is -0.478 e. The molecule has 8 heteroatoms. The highest BCUT2D eigenvalue weighted by Crippen LogP contribution is 2.35. The molecule has 0 aliphatic rings. The number of halogens is 5. The zero-order valence-electron chi connectivity index (χ0n) is 8.35. The summed E-state index contributed by atoms with van der Waals surface area (Å²) < 4.78 is 62.3. The zero-order valence-corrected chi connectivity index (χ0v) is 8.35. The quantitative estimate of drug-likeness (QED) is 0.826. The standard InChI is InChI=1S/C9H6F5NO2/c1-3-2-4(7(10)11)5(8(16)17)6(15-3)9(12,13)14/h2,7H,1H3,(H,16,17). The molecule has 17 heavy (non-hydrogen) atoms. The van der Waals surface area contributed by atoms with Gasteiger partial charge in [0.2, 0.25) is 0 Å². The third-order valence-corrected chi connectivity index (χ3v) is 1.90. The second-order valence-corrected chi connectivity index (χ2v) is 3.18. The number of carbonyl (C=O) groups is 1. The van der Waals surface area contributed by atoms with Crippen LogP contribution in [0.25, 0.3) is 0 Å². The molecule has 1 N–H and O–H groups in total. The van der Waals surface area contributed by atoms with E-state index >= 15 is 0 Å². The molecular formula is C9H6F5NO2. The van der Waals surface area contributed by atoms with Gasteiger partial charge in [-0.15, -0.1) is 0 Å². The summed E-state index contributed by atoms with van der Waals surface area (Å²) >= 11 is 0. The summed E-state index contributed by atoms with van der Waals surface area (Å²) in [7, 11) is 0. The minimum absolute atomic E-state index is 0.322. The predicted molar refractivity (Wildman–Crippen MR) is 45.9 cm³/mol. The van der Waals surface area contributed by atoms with Crippen LogP contribution in [0.1, 0.15) is 33.7 Å². The average molecular weight is 255 g/mol. The number of hydrogen-bond donors (Lipinski definition) is 1. The number of aromatic nitrogens is 1. The molecule has 1 rings (SSSR count). The Balaban J connectivity index is 3.64. The van der Waals surface area contributed by atoms with Gasteiger partial charge in [-0.2, -0.15) is 13.2 Å². The van der Waals surface area contributed by atoms with Crippen LogP contribution >= 0.6 is 0 Å². The first kappa shape index (κ1) is 13.3. The first-order chi connectivity index (χ1) is 7.64. The molecule has 3 nitrogen and oxygen atoms in total. The van der Waals surface area contributed by atoms with Crippen molar-refractivity contribution >= 4 is 5.97 Å². The molecule has 0 atom stereocenters. The van der Waals surface area contributed by atoms with Crippen LogP contribution in [0.3, 0.4) is 0 Å². The summed E-state index contributed by atoms with van der Waals surface area (Å²) in [5, 5.41) is 8.58. The molecule has 0 fully saturated rings. The van der Waals surface area contributed by atoms with Gasteiger partial charge in [-0.1, -0.05) is 0 Å². The topological polar surface area (TPSA) is 50.2 Å². The lowest BCUT2D eigenvalue weighted by atomic mass is 10.0. The fraction of sp³-hybridized carbons (Fsp3) is 0.333. The van der Waals surface area contributed by atoms with Crippen molar-refractivity contribution < 1.29 is 31.9 Å². The van der Waals surface area contributed by atoms with Gasteiger partial charge in [0.1, 0.15) is 0 Å². The fourth-order valence-corrected chi connectivity index (χ4v) is 1.30. The smallest absolute Gasteiger partial charge is 0.434 e. The van der Waals surface area contributed by atoms with E-state index in [9.17, 15) is 26.7 Å². The second-order valence-electron chi connectivity index (χ2n) is 3.18. The van der Waals surface area contributed by atoms with Gasteiger partial charge in [0.05, 0.1) is 5.56 Å². The second kappa shape index (κ2) is 4.27. The van der Waals surface area contributed by atoms with E-state index in [0.29, 0.717) is 6.07 Å². The van der Waals surface area contributed by atoms with Gasteiger partial charge in [-0.3, -0.25) is 0 Å². The highest BCUT2D eigenvalue weighted by Gasteiger charge is 2.40. The highest BCUT2D eigenvalue weighted by atomic mass is 19.4. The van der Waals surface area contributed by atoms with Crippen LogP contribution in [0.5, 0.6) is 0 Å². The number of hydrogen-bond acceptors (Lipinski definition) is 2. The van der Waals surface area contributed by atoms with Crippen molar-refractivity contribution in [3.63, 3.8) is 0 Å². The highest BCUT2D eigenvalue weighted by molar-refractivity contribution is 5.91. The Kier molecular flexibility index (Phi) is 3.35. The molecular weight excluding hydrogens is 249 g/mol. The van der Waals surface area contributed by atoms with Crippen LogP contribution in [0, 0.1) is 6.92 Å². The number of rotatable bonds is 2. The van der Waals surface area contributed by atoms with Crippen LogP contribution in [0.15, 0.2) is 6.07 Å². The Hall–Kier alpha value is -1.73. The Morgan fingerprint density at radius 3 is 2.29 bits per heavy atom. The third kappa shape index (κ3) is 2.69. The van der Waals surface area contributed by atoms with E-state index < -0.39 is 35.4 Å². The minimum atomic E-state index is -5.09. The van der Waals surface area contributed by atoms with Crippen molar-refractivity contribution in [1.29, 1.82) is 0 Å². The summed E-state index contributed by atoms with van der Waals surface area (Å²) in [5.74, 6) is -2.08. The molecule has 0 aliphatic heterocycles. The Bertz CT molecular complexity index is 455. The van der Waals surface area contributed by atoms with E-state index in [-0.39, 0.29) is 5.69 Å². The average Bonchev–Trinajstić information content (AvgIpc) is 2.14. The van der Waals surface area contributed by atoms with Crippen molar-refractivity contribution in [2.75, 3.05) is 0 Å². The SMILES string of the molecule is Cc1cc(C(F)F)c(C(=O)O)c(C(F)(F)F)n1. The molecule has 0 spiro atoms. The third-order valence-electron chi connectivity index (χ3n) is 1.90. The van der Waals surface area contributed by atoms with Gasteiger partial charge in [0, 0.05) is 11.3 Å². The largest absolute Gasteiger partial charge is 0.478 e. The van der Waals surface area contributed by atoms with Crippen molar-refractivity contribution in [1.82, 2.24) is 4.98 Å². The number of nitrogens with zero attached hydrogens (tertiary/aromatic N) is 1. The van der Waals surface area contributed by atoms with Crippen molar-refractivity contribution in [2.24, 2.45) is 0 Å². The number of alkyl halides is 5. The zero-order chi connectivity index (χ0) is 13.4. The normalized spacial score (nSPS) is 11.9. The Morgan fingerprint density at radius 2 is 1.94 bits per heavy atom. The number of carboxylic acid groups (broad SMARTS) is 1. The number of aromatic carboxylic acids is 1. The molecule has 0 amide bonds. The summed E-state index contributed by atoms with van der Waals surface area (Å²) in [6.07, 6.45) is -8.41. The van der Waals surface area contributed by atoms with Crippen LogP contribution in [-0.2, 0) is 6.18 Å². The molecule has 94 valence electrons. The van der Waals surface area contributed by atoms with Crippen LogP contribution in [0.2, 0.25) is 0 Å². The van der Waals surface area contributed by atoms with Crippen LogP contribution < -0.4 is 0 Å². The molecule has 1 aromatic rings. The van der Waals surface area contributed by atoms with Crippen molar-refractivity contribution in [2.45, 2.75) is 19.5 Å². The summed E-state index contributed by atoms with van der Waals surface area (Å²) in [6.45, 7) is 1.08. The van der Waals surface area contributed by atoms with E-state index in [4.69, 9.17) is 5.11 Å². The Labute approximate surface area is 91.9 Å². The van der Waals surface area contributed by atoms with Gasteiger partial charge < -0.3 is 5.11 Å². The summed E-state index contributed by atoms with van der Waals surface area (Å²) in [5.41, 5.74) is -4.81.